The van der Waals surface area contributed by atoms with Gasteiger partial charge < -0.3 is 29.4 Å². The van der Waals surface area contributed by atoms with Crippen LogP contribution in [0.4, 0.5) is 10.5 Å². The molecule has 3 N–H and O–H groups in total. The Morgan fingerprint density at radius 2 is 1.56 bits per heavy atom. The minimum Gasteiger partial charge on any atom is -0.493 e. The van der Waals surface area contributed by atoms with Crippen molar-refractivity contribution in [2.75, 3.05) is 26.6 Å². The van der Waals surface area contributed by atoms with Crippen molar-refractivity contribution in [3.8, 4) is 39.8 Å². The average molecular weight is 653 g/mol. The lowest BCUT2D eigenvalue weighted by molar-refractivity contribution is 0.0635. The number of carbonyl (C=O) groups is 2. The molecule has 0 aliphatic carbocycles. The van der Waals surface area contributed by atoms with Gasteiger partial charge in [0.15, 0.2) is 11.5 Å². The number of nitrogens with zero attached hydrogens (tertiary/aromatic N) is 2. The lowest BCUT2D eigenvalue weighted by Crippen LogP contribution is -2.29. The first kappa shape index (κ1) is 33.3. The summed E-state index contributed by atoms with van der Waals surface area (Å²) in [6.45, 7) is 5.45. The van der Waals surface area contributed by atoms with E-state index in [1.54, 1.807) is 81.6 Å². The van der Waals surface area contributed by atoms with Gasteiger partial charge in [-0.3, -0.25) is 24.5 Å². The zero-order valence-corrected chi connectivity index (χ0v) is 27.5. The predicted octanol–water partition coefficient (Wildman–Crippen LogP) is 6.10. The number of carbonyl (C=O) groups excluding carboxylic acids is 2. The largest absolute Gasteiger partial charge is 0.493 e. The highest BCUT2D eigenvalue weighted by atomic mass is 16.6. The van der Waals surface area contributed by atoms with E-state index in [9.17, 15) is 14.4 Å². The highest BCUT2D eigenvalue weighted by Crippen LogP contribution is 2.44. The van der Waals surface area contributed by atoms with Crippen LogP contribution in [-0.4, -0.2) is 48.5 Å². The van der Waals surface area contributed by atoms with Crippen molar-refractivity contribution >= 4 is 28.5 Å². The molecule has 5 rings (SSSR count). The number of pyridine rings is 2. The number of primary amides is 1. The molecule has 0 unspecified atom stereocenters. The molecular formula is C36H36N4O8. The zero-order chi connectivity index (χ0) is 34.6. The Hall–Kier alpha value is -6.04. The minimum absolute atomic E-state index is 0.0863. The summed E-state index contributed by atoms with van der Waals surface area (Å²) >= 11 is 0. The Kier molecular flexibility index (Phi) is 9.55. The van der Waals surface area contributed by atoms with Gasteiger partial charge in [0.25, 0.3) is 11.5 Å². The molecule has 0 saturated heterocycles. The van der Waals surface area contributed by atoms with Crippen molar-refractivity contribution in [1.29, 1.82) is 0 Å². The zero-order valence-electron chi connectivity index (χ0n) is 27.5. The molecule has 48 heavy (non-hydrogen) atoms. The van der Waals surface area contributed by atoms with Gasteiger partial charge in [0.1, 0.15) is 23.7 Å². The molecule has 0 spiro atoms. The van der Waals surface area contributed by atoms with Gasteiger partial charge in [-0.1, -0.05) is 6.07 Å². The summed E-state index contributed by atoms with van der Waals surface area (Å²) in [4.78, 5) is 44.4. The summed E-state index contributed by atoms with van der Waals surface area (Å²) < 4.78 is 29.3. The smallest absolute Gasteiger partial charge is 0.412 e. The van der Waals surface area contributed by atoms with Crippen LogP contribution in [-0.2, 0) is 11.3 Å². The van der Waals surface area contributed by atoms with E-state index in [0.717, 1.165) is 0 Å². The number of nitrogens with two attached hydrogens (primary N) is 1. The van der Waals surface area contributed by atoms with E-state index in [-0.39, 0.29) is 17.7 Å². The van der Waals surface area contributed by atoms with Crippen molar-refractivity contribution in [3.05, 3.63) is 101 Å². The van der Waals surface area contributed by atoms with E-state index >= 15 is 0 Å². The summed E-state index contributed by atoms with van der Waals surface area (Å²) in [6, 6.07) is 20.2. The normalized spacial score (nSPS) is 11.1. The fourth-order valence-electron chi connectivity index (χ4n) is 5.22. The van der Waals surface area contributed by atoms with Crippen molar-refractivity contribution in [3.63, 3.8) is 0 Å². The van der Waals surface area contributed by atoms with Gasteiger partial charge in [-0.05, 0) is 98.5 Å². The summed E-state index contributed by atoms with van der Waals surface area (Å²) in [6.07, 6.45) is 1.03. The SMILES string of the molecule is COc1cc(-c2c(C(N)=O)n(-c3ccc(NC(=O)OC(C)(C)C)cc3)c(=O)c3cc(OCc4ccccn4)ccc23)cc(OC)c1OC. The van der Waals surface area contributed by atoms with Gasteiger partial charge in [0.2, 0.25) is 5.75 Å². The molecule has 3 aromatic carbocycles. The topological polar surface area (TPSA) is 153 Å². The fourth-order valence-corrected chi connectivity index (χ4v) is 5.22. The third-order valence-corrected chi connectivity index (χ3v) is 7.22. The number of hydrogen-bond donors (Lipinski definition) is 2. The van der Waals surface area contributed by atoms with Crippen molar-refractivity contribution in [2.45, 2.75) is 33.0 Å². The molecule has 0 bridgehead atoms. The maximum atomic E-state index is 14.4. The van der Waals surface area contributed by atoms with Crippen LogP contribution >= 0.6 is 0 Å². The van der Waals surface area contributed by atoms with Crippen LogP contribution in [0.2, 0.25) is 0 Å². The van der Waals surface area contributed by atoms with E-state index in [1.807, 2.05) is 18.2 Å². The average Bonchev–Trinajstić information content (AvgIpc) is 3.06. The number of anilines is 1. The maximum Gasteiger partial charge on any atom is 0.412 e. The molecular weight excluding hydrogens is 616 g/mol. The van der Waals surface area contributed by atoms with Crippen LogP contribution in [0, 0.1) is 0 Å². The van der Waals surface area contributed by atoms with E-state index in [0.29, 0.717) is 56.6 Å². The lowest BCUT2D eigenvalue weighted by Gasteiger charge is -2.21. The first-order valence-corrected chi connectivity index (χ1v) is 14.9. The predicted molar refractivity (Wildman–Crippen MR) is 182 cm³/mol. The molecule has 2 amide bonds. The molecule has 0 fully saturated rings. The van der Waals surface area contributed by atoms with Gasteiger partial charge in [0.05, 0.1) is 32.4 Å². The number of methoxy groups -OCH3 is 3. The van der Waals surface area contributed by atoms with E-state index in [4.69, 9.17) is 29.4 Å². The Labute approximate surface area is 277 Å². The van der Waals surface area contributed by atoms with Gasteiger partial charge in [-0.25, -0.2) is 4.79 Å². The van der Waals surface area contributed by atoms with Crippen molar-refractivity contribution in [1.82, 2.24) is 9.55 Å². The molecule has 2 aromatic heterocycles. The van der Waals surface area contributed by atoms with Crippen LogP contribution < -0.4 is 35.6 Å². The van der Waals surface area contributed by atoms with Crippen LogP contribution in [0.1, 0.15) is 37.0 Å². The third kappa shape index (κ3) is 7.02. The van der Waals surface area contributed by atoms with Crippen LogP contribution in [0.25, 0.3) is 27.6 Å². The molecule has 0 aliphatic rings. The first-order chi connectivity index (χ1) is 22.9. The number of aromatic nitrogens is 2. The Morgan fingerprint density at radius 3 is 2.12 bits per heavy atom. The Morgan fingerprint density at radius 1 is 0.875 bits per heavy atom. The summed E-state index contributed by atoms with van der Waals surface area (Å²) in [5, 5.41) is 3.35. The second-order valence-corrected chi connectivity index (χ2v) is 11.6. The summed E-state index contributed by atoms with van der Waals surface area (Å²) in [5.41, 5.74) is 7.02. The molecule has 0 atom stereocenters. The van der Waals surface area contributed by atoms with Gasteiger partial charge in [0, 0.05) is 23.1 Å². The molecule has 12 heteroatoms. The van der Waals surface area contributed by atoms with Crippen LogP contribution in [0.15, 0.2) is 83.8 Å². The molecule has 0 radical (unpaired) electrons. The van der Waals surface area contributed by atoms with E-state index in [1.165, 1.54) is 25.9 Å². The molecule has 0 aliphatic heterocycles. The monoisotopic (exact) mass is 652 g/mol. The van der Waals surface area contributed by atoms with Crippen LogP contribution in [0.5, 0.6) is 23.0 Å². The lowest BCUT2D eigenvalue weighted by atomic mass is 9.95. The highest BCUT2D eigenvalue weighted by Gasteiger charge is 2.26. The number of rotatable bonds is 10. The molecule has 2 heterocycles. The number of ether oxygens (including phenoxy) is 5. The maximum absolute atomic E-state index is 14.4. The van der Waals surface area contributed by atoms with E-state index in [2.05, 4.69) is 10.3 Å². The van der Waals surface area contributed by atoms with Gasteiger partial charge >= 0.3 is 6.09 Å². The Bertz CT molecular complexity index is 2010. The minimum atomic E-state index is -0.857. The van der Waals surface area contributed by atoms with Gasteiger partial charge in [-0.2, -0.15) is 0 Å². The number of benzene rings is 3. The van der Waals surface area contributed by atoms with Crippen molar-refractivity contribution < 1.29 is 33.3 Å². The molecule has 0 saturated carbocycles. The second kappa shape index (κ2) is 13.8. The highest BCUT2D eigenvalue weighted by molar-refractivity contribution is 6.09. The summed E-state index contributed by atoms with van der Waals surface area (Å²) in [7, 11) is 4.44. The van der Waals surface area contributed by atoms with Crippen molar-refractivity contribution in [2.24, 2.45) is 5.73 Å². The number of nitrogens with one attached hydrogen (secondary N) is 1. The third-order valence-electron chi connectivity index (χ3n) is 7.22. The van der Waals surface area contributed by atoms with Crippen LogP contribution in [0.3, 0.4) is 0 Å². The molecule has 12 nitrogen and oxygen atoms in total. The first-order valence-electron chi connectivity index (χ1n) is 14.9. The van der Waals surface area contributed by atoms with Gasteiger partial charge in [-0.15, -0.1) is 0 Å². The summed E-state index contributed by atoms with van der Waals surface area (Å²) in [5.74, 6) is 0.572. The Balaban J connectivity index is 1.74. The number of fused-ring (bicyclic) bond motifs is 1. The fraction of sp³-hybridized carbons (Fsp3) is 0.222. The number of hydrogen-bond acceptors (Lipinski definition) is 9. The quantitative estimate of drug-likeness (QED) is 0.182. The van der Waals surface area contributed by atoms with E-state index < -0.39 is 23.2 Å². The number of amides is 2. The standard InChI is InChI=1S/C36H36N4O8/c1-36(2,3)48-35(43)39-22-10-12-24(13-11-22)40-31(33(37)41)30(21-17-28(44-4)32(46-6)29(18-21)45-5)26-15-14-25(19-27(26)34(40)42)47-20-23-9-7-8-16-38-23/h7-19H,20H2,1-6H3,(H2,37,41)(H,39,43). The molecule has 248 valence electrons. The second-order valence-electron chi connectivity index (χ2n) is 11.6. The molecule has 5 aromatic rings.